The molecule has 1 atom stereocenters. The van der Waals surface area contributed by atoms with E-state index in [0.29, 0.717) is 26.0 Å². The van der Waals surface area contributed by atoms with E-state index in [2.05, 4.69) is 12.2 Å². The van der Waals surface area contributed by atoms with Crippen molar-refractivity contribution in [2.45, 2.75) is 71.8 Å². The molecule has 0 saturated carbocycles. The van der Waals surface area contributed by atoms with E-state index < -0.39 is 6.10 Å². The molecule has 0 aliphatic rings. The van der Waals surface area contributed by atoms with Crippen LogP contribution in [0.1, 0.15) is 65.7 Å². The van der Waals surface area contributed by atoms with Gasteiger partial charge in [-0.15, -0.1) is 0 Å². The molecule has 6 nitrogen and oxygen atoms in total. The smallest absolute Gasteiger partial charge is 0.309 e. The normalized spacial score (nSPS) is 11.6. The van der Waals surface area contributed by atoms with Crippen LogP contribution in [0.15, 0.2) is 0 Å². The first-order chi connectivity index (χ1) is 10.5. The third-order valence-corrected chi connectivity index (χ3v) is 3.06. The lowest BCUT2D eigenvalue weighted by molar-refractivity contribution is -0.155. The Morgan fingerprint density at radius 1 is 1.05 bits per heavy atom. The molecule has 0 bridgehead atoms. The lowest BCUT2D eigenvalue weighted by Gasteiger charge is -2.17. The number of hydrogen-bond acceptors (Lipinski definition) is 5. The predicted molar refractivity (Wildman–Crippen MR) is 83.2 cm³/mol. The summed E-state index contributed by atoms with van der Waals surface area (Å²) in [5.41, 5.74) is 0. The van der Waals surface area contributed by atoms with Crippen molar-refractivity contribution in [2.75, 3.05) is 13.2 Å². The fourth-order valence-electron chi connectivity index (χ4n) is 1.97. The van der Waals surface area contributed by atoms with Crippen molar-refractivity contribution >= 4 is 17.8 Å². The highest BCUT2D eigenvalue weighted by atomic mass is 16.6. The number of carbonyl (C=O) groups is 3. The molecule has 128 valence electrons. The number of unbranched alkanes of at least 4 members (excludes halogenated alkanes) is 2. The summed E-state index contributed by atoms with van der Waals surface area (Å²) in [4.78, 5) is 34.0. The highest BCUT2D eigenvalue weighted by Crippen LogP contribution is 2.12. The van der Waals surface area contributed by atoms with Gasteiger partial charge < -0.3 is 14.8 Å². The summed E-state index contributed by atoms with van der Waals surface area (Å²) in [7, 11) is 0. The maximum absolute atomic E-state index is 11.8. The van der Waals surface area contributed by atoms with Crippen molar-refractivity contribution in [1.29, 1.82) is 0 Å². The quantitative estimate of drug-likeness (QED) is 0.441. The molecular weight excluding hydrogens is 286 g/mol. The number of carbonyl (C=O) groups excluding carboxylic acids is 3. The van der Waals surface area contributed by atoms with E-state index in [0.717, 1.165) is 19.3 Å². The highest BCUT2D eigenvalue weighted by molar-refractivity contribution is 5.73. The number of hydrogen-bond donors (Lipinski definition) is 1. The molecule has 0 spiro atoms. The molecule has 22 heavy (non-hydrogen) atoms. The Balaban J connectivity index is 4.14. The second-order valence-corrected chi connectivity index (χ2v) is 5.20. The molecule has 0 fully saturated rings. The summed E-state index contributed by atoms with van der Waals surface area (Å²) >= 11 is 0. The van der Waals surface area contributed by atoms with Crippen LogP contribution in [-0.4, -0.2) is 37.1 Å². The van der Waals surface area contributed by atoms with Gasteiger partial charge in [0.25, 0.3) is 0 Å². The van der Waals surface area contributed by atoms with Gasteiger partial charge in [0, 0.05) is 19.9 Å². The van der Waals surface area contributed by atoms with Gasteiger partial charge in [0.05, 0.1) is 13.0 Å². The van der Waals surface area contributed by atoms with Gasteiger partial charge >= 0.3 is 11.9 Å². The third kappa shape index (κ3) is 12.2. The predicted octanol–water partition coefficient (Wildman–Crippen LogP) is 2.35. The van der Waals surface area contributed by atoms with Crippen molar-refractivity contribution in [3.8, 4) is 0 Å². The van der Waals surface area contributed by atoms with Gasteiger partial charge in [-0.2, -0.15) is 0 Å². The van der Waals surface area contributed by atoms with E-state index in [9.17, 15) is 14.4 Å². The Morgan fingerprint density at radius 3 is 2.36 bits per heavy atom. The molecule has 0 heterocycles. The molecule has 0 radical (unpaired) electrons. The lowest BCUT2D eigenvalue weighted by atomic mass is 10.1. The Morgan fingerprint density at radius 2 is 1.77 bits per heavy atom. The van der Waals surface area contributed by atoms with Crippen molar-refractivity contribution < 1.29 is 23.9 Å². The van der Waals surface area contributed by atoms with Gasteiger partial charge in [-0.05, 0) is 26.2 Å². The van der Waals surface area contributed by atoms with Crippen molar-refractivity contribution in [3.05, 3.63) is 0 Å². The molecule has 1 N–H and O–H groups in total. The van der Waals surface area contributed by atoms with E-state index in [-0.39, 0.29) is 30.7 Å². The van der Waals surface area contributed by atoms with E-state index in [1.165, 1.54) is 6.92 Å². The van der Waals surface area contributed by atoms with Gasteiger partial charge in [-0.3, -0.25) is 14.4 Å². The third-order valence-electron chi connectivity index (χ3n) is 3.06. The summed E-state index contributed by atoms with van der Waals surface area (Å²) in [5, 5.41) is 2.62. The fraction of sp³-hybridized carbons (Fsp3) is 0.812. The standard InChI is InChI=1S/C16H29NO5/c1-4-6-7-9-14(12-16(20)21-5-2)22-15(19)10-8-11-17-13(3)18/h14H,4-12H2,1-3H3,(H,17,18)/t14-/m0/s1. The number of ether oxygens (including phenoxy) is 2. The van der Waals surface area contributed by atoms with Crippen LogP contribution < -0.4 is 5.32 Å². The van der Waals surface area contributed by atoms with Gasteiger partial charge in [-0.1, -0.05) is 19.8 Å². The van der Waals surface area contributed by atoms with E-state index in [4.69, 9.17) is 9.47 Å². The van der Waals surface area contributed by atoms with Gasteiger partial charge in [0.2, 0.25) is 5.91 Å². The molecule has 0 aromatic heterocycles. The van der Waals surface area contributed by atoms with Crippen LogP contribution in [0.25, 0.3) is 0 Å². The molecule has 0 unspecified atom stereocenters. The molecular formula is C16H29NO5. The number of esters is 2. The zero-order valence-electron chi connectivity index (χ0n) is 14.0. The summed E-state index contributed by atoms with van der Waals surface area (Å²) in [6.45, 7) is 6.04. The molecule has 0 aromatic carbocycles. The lowest BCUT2D eigenvalue weighted by Crippen LogP contribution is -2.25. The highest BCUT2D eigenvalue weighted by Gasteiger charge is 2.18. The second kappa shape index (κ2) is 13.1. The van der Waals surface area contributed by atoms with Crippen LogP contribution in [-0.2, 0) is 23.9 Å². The van der Waals surface area contributed by atoms with Crippen LogP contribution in [0, 0.1) is 0 Å². The maximum Gasteiger partial charge on any atom is 0.309 e. The van der Waals surface area contributed by atoms with Gasteiger partial charge in [0.1, 0.15) is 6.10 Å². The minimum absolute atomic E-state index is 0.106. The van der Waals surface area contributed by atoms with Crippen LogP contribution >= 0.6 is 0 Å². The first kappa shape index (κ1) is 20.4. The topological polar surface area (TPSA) is 81.7 Å². The number of amides is 1. The Kier molecular flexibility index (Phi) is 12.2. The first-order valence-corrected chi connectivity index (χ1v) is 8.09. The van der Waals surface area contributed by atoms with Gasteiger partial charge in [0.15, 0.2) is 0 Å². The number of nitrogens with one attached hydrogen (secondary N) is 1. The molecule has 0 saturated heterocycles. The Hall–Kier alpha value is -1.59. The summed E-state index contributed by atoms with van der Waals surface area (Å²) in [6, 6.07) is 0. The molecule has 0 aliphatic heterocycles. The zero-order chi connectivity index (χ0) is 16.8. The fourth-order valence-corrected chi connectivity index (χ4v) is 1.97. The largest absolute Gasteiger partial charge is 0.466 e. The van der Waals surface area contributed by atoms with Crippen LogP contribution in [0.4, 0.5) is 0 Å². The van der Waals surface area contributed by atoms with E-state index in [1.54, 1.807) is 6.92 Å². The molecule has 6 heteroatoms. The Bertz CT molecular complexity index is 343. The molecule has 1 amide bonds. The van der Waals surface area contributed by atoms with Crippen LogP contribution in [0.5, 0.6) is 0 Å². The van der Waals surface area contributed by atoms with Crippen LogP contribution in [0.2, 0.25) is 0 Å². The SMILES string of the molecule is CCCCC[C@@H](CC(=O)OCC)OC(=O)CCCNC(C)=O. The summed E-state index contributed by atoms with van der Waals surface area (Å²) < 4.78 is 10.3. The summed E-state index contributed by atoms with van der Waals surface area (Å²) in [5.74, 6) is -0.792. The average molecular weight is 315 g/mol. The molecule has 0 aromatic rings. The minimum atomic E-state index is -0.418. The molecule has 0 aliphatic carbocycles. The van der Waals surface area contributed by atoms with E-state index in [1.807, 2.05) is 0 Å². The van der Waals surface area contributed by atoms with Crippen LogP contribution in [0.3, 0.4) is 0 Å². The average Bonchev–Trinajstić information content (AvgIpc) is 2.43. The zero-order valence-corrected chi connectivity index (χ0v) is 14.0. The van der Waals surface area contributed by atoms with Gasteiger partial charge in [-0.25, -0.2) is 0 Å². The number of rotatable bonds is 12. The second-order valence-electron chi connectivity index (χ2n) is 5.20. The minimum Gasteiger partial charge on any atom is -0.466 e. The molecule has 0 rings (SSSR count). The van der Waals surface area contributed by atoms with E-state index >= 15 is 0 Å². The van der Waals surface area contributed by atoms with Crippen molar-refractivity contribution in [3.63, 3.8) is 0 Å². The van der Waals surface area contributed by atoms with Crippen molar-refractivity contribution in [1.82, 2.24) is 5.32 Å². The first-order valence-electron chi connectivity index (χ1n) is 8.09. The maximum atomic E-state index is 11.8. The Labute approximate surface area is 132 Å². The van der Waals surface area contributed by atoms with Crippen molar-refractivity contribution in [2.24, 2.45) is 0 Å². The monoisotopic (exact) mass is 315 g/mol. The summed E-state index contributed by atoms with van der Waals surface area (Å²) in [6.07, 6.45) is 4.14.